The summed E-state index contributed by atoms with van der Waals surface area (Å²) < 4.78 is 51.3. The Bertz CT molecular complexity index is 1110. The van der Waals surface area contributed by atoms with E-state index in [1.165, 1.54) is 29.7 Å². The second-order valence-corrected chi connectivity index (χ2v) is 16.9. The lowest BCUT2D eigenvalue weighted by atomic mass is 9.95. The van der Waals surface area contributed by atoms with Crippen LogP contribution in [0.3, 0.4) is 0 Å². The lowest BCUT2D eigenvalue weighted by molar-refractivity contribution is -0.208. The van der Waals surface area contributed by atoms with E-state index in [2.05, 4.69) is 11.9 Å². The molecule has 2 rings (SSSR count). The number of nitrogens with one attached hydrogen (secondary N) is 1. The molecule has 0 aromatic rings. The average Bonchev–Trinajstić information content (AvgIpc) is 3.10. The van der Waals surface area contributed by atoms with Crippen molar-refractivity contribution >= 4 is 47.5 Å². The van der Waals surface area contributed by atoms with Gasteiger partial charge in [0.25, 0.3) is 11.8 Å². The smallest absolute Gasteiger partial charge is 0.384 e. The summed E-state index contributed by atoms with van der Waals surface area (Å²) in [5.41, 5.74) is -3.16. The molecule has 0 bridgehead atoms. The van der Waals surface area contributed by atoms with Crippen LogP contribution in [0.5, 0.6) is 0 Å². The number of hydrogen-bond donors (Lipinski definition) is 3. The fourth-order valence-electron chi connectivity index (χ4n) is 3.90. The number of unbranched alkanes of at least 4 members (excludes halogenated alkanes) is 2. The van der Waals surface area contributed by atoms with Crippen molar-refractivity contribution in [1.29, 1.82) is 0 Å². The maximum absolute atomic E-state index is 16.0. The van der Waals surface area contributed by atoms with E-state index in [0.29, 0.717) is 37.2 Å². The van der Waals surface area contributed by atoms with Crippen LogP contribution in [0.1, 0.15) is 74.1 Å². The molecule has 12 nitrogen and oxygen atoms in total. The van der Waals surface area contributed by atoms with Gasteiger partial charge in [0.1, 0.15) is 24.1 Å². The third-order valence-electron chi connectivity index (χ3n) is 6.67. The fourth-order valence-corrected chi connectivity index (χ4v) is 7.10. The Balaban J connectivity index is 2.02. The molecule has 1 fully saturated rings. The van der Waals surface area contributed by atoms with Crippen LogP contribution in [0.25, 0.3) is 0 Å². The number of carbonyl (C=O) groups excluding carboxylic acids is 3. The summed E-state index contributed by atoms with van der Waals surface area (Å²) in [4.78, 5) is 37.0. The SMILES string of the molecule is C=C1NC(=O)C=CN1[C@@H]1O[C@](F)(COP(=O)(OCCCCSC(=O)C(C)(C)C)OCCCCSC(=O)C(C)(C)C)[C@@H](O)[C@@]1(C)O. The number of rotatable bonds is 16. The van der Waals surface area contributed by atoms with Crippen LogP contribution in [-0.4, -0.2) is 86.4 Å². The Morgan fingerprint density at radius 2 is 1.53 bits per heavy atom. The van der Waals surface area contributed by atoms with Gasteiger partial charge < -0.3 is 25.2 Å². The van der Waals surface area contributed by atoms with E-state index in [1.807, 2.05) is 41.5 Å². The van der Waals surface area contributed by atoms with Crippen molar-refractivity contribution in [3.8, 4) is 0 Å². The van der Waals surface area contributed by atoms with E-state index < -0.39 is 55.0 Å². The third kappa shape index (κ3) is 11.7. The van der Waals surface area contributed by atoms with E-state index in [9.17, 15) is 29.2 Å². The zero-order valence-electron chi connectivity index (χ0n) is 27.1. The predicted molar refractivity (Wildman–Crippen MR) is 171 cm³/mol. The summed E-state index contributed by atoms with van der Waals surface area (Å²) in [6, 6.07) is 0. The number of halogens is 1. The van der Waals surface area contributed by atoms with Crippen molar-refractivity contribution in [2.45, 2.75) is 97.9 Å². The minimum absolute atomic E-state index is 0.0211. The molecule has 0 saturated carbocycles. The predicted octanol–water partition coefficient (Wildman–Crippen LogP) is 4.87. The summed E-state index contributed by atoms with van der Waals surface area (Å²) in [6.07, 6.45) is 0.559. The zero-order valence-corrected chi connectivity index (χ0v) is 29.7. The largest absolute Gasteiger partial charge is 0.474 e. The molecule has 0 aliphatic carbocycles. The van der Waals surface area contributed by atoms with Crippen LogP contribution in [0.4, 0.5) is 4.39 Å². The molecule has 45 heavy (non-hydrogen) atoms. The van der Waals surface area contributed by atoms with Gasteiger partial charge in [-0.1, -0.05) is 71.6 Å². The van der Waals surface area contributed by atoms with Crippen molar-refractivity contribution in [3.63, 3.8) is 0 Å². The first-order valence-electron chi connectivity index (χ1n) is 14.7. The molecule has 1 amide bonds. The van der Waals surface area contributed by atoms with Gasteiger partial charge in [0, 0.05) is 34.6 Å². The van der Waals surface area contributed by atoms with E-state index in [0.717, 1.165) is 17.9 Å². The van der Waals surface area contributed by atoms with Crippen LogP contribution in [-0.2, 0) is 37.3 Å². The van der Waals surface area contributed by atoms with Gasteiger partial charge in [-0.05, 0) is 32.6 Å². The number of ether oxygens (including phenoxy) is 1. The Morgan fingerprint density at radius 3 is 1.98 bits per heavy atom. The number of phosphoric acid groups is 1. The minimum Gasteiger partial charge on any atom is -0.384 e. The number of hydrogen-bond acceptors (Lipinski definition) is 13. The number of thioether (sulfide) groups is 2. The first-order chi connectivity index (χ1) is 20.6. The van der Waals surface area contributed by atoms with E-state index in [1.54, 1.807) is 0 Å². The Hall–Kier alpha value is -1.29. The van der Waals surface area contributed by atoms with Gasteiger partial charge in [-0.15, -0.1) is 0 Å². The number of aliphatic hydroxyl groups is 2. The van der Waals surface area contributed by atoms with Crippen molar-refractivity contribution in [2.24, 2.45) is 10.8 Å². The molecule has 0 aromatic heterocycles. The highest BCUT2D eigenvalue weighted by Gasteiger charge is 2.64. The number of aliphatic hydroxyl groups excluding tert-OH is 1. The maximum atomic E-state index is 16.0. The highest BCUT2D eigenvalue weighted by atomic mass is 32.2. The van der Waals surface area contributed by atoms with Gasteiger partial charge in [0.2, 0.25) is 0 Å². The second-order valence-electron chi connectivity index (χ2n) is 13.1. The normalized spacial score (nSPS) is 26.0. The zero-order chi connectivity index (χ0) is 34.3. The average molecular weight is 699 g/mol. The molecule has 0 aromatic carbocycles. The van der Waals surface area contributed by atoms with E-state index >= 15 is 4.39 Å². The van der Waals surface area contributed by atoms with Crippen LogP contribution >= 0.6 is 31.3 Å². The van der Waals surface area contributed by atoms with Gasteiger partial charge in [-0.3, -0.25) is 28.0 Å². The van der Waals surface area contributed by atoms with Crippen LogP contribution < -0.4 is 5.32 Å². The van der Waals surface area contributed by atoms with Crippen molar-refractivity contribution in [2.75, 3.05) is 31.3 Å². The molecule has 16 heteroatoms. The van der Waals surface area contributed by atoms with Gasteiger partial charge in [-0.25, -0.2) is 8.96 Å². The standard InChI is InChI=1S/C29H48FN2O10PS2/c1-20-31-21(33)13-14-32(20)23-28(8,37)22(34)29(30,42-23)19-41-43(38,39-15-9-11-17-44-24(35)26(2,3)4)40-16-10-12-18-45-25(36)27(5,6)7/h13-14,22-23,34,37H,1,9-12,15-19H2,2-8H3,(H,31,33)/t22-,23+,28+,29+/m0/s1. The van der Waals surface area contributed by atoms with Gasteiger partial charge in [0.05, 0.1) is 13.2 Å². The lowest BCUT2D eigenvalue weighted by Gasteiger charge is -2.36. The summed E-state index contributed by atoms with van der Waals surface area (Å²) >= 11 is 2.39. The monoisotopic (exact) mass is 698 g/mol. The molecular formula is C29H48FN2O10PS2. The molecule has 0 unspecified atom stereocenters. The quantitative estimate of drug-likeness (QED) is 0.148. The number of nitrogens with zero attached hydrogens (tertiary/aromatic N) is 1. The third-order valence-corrected chi connectivity index (χ3v) is 10.9. The molecule has 2 aliphatic heterocycles. The van der Waals surface area contributed by atoms with Gasteiger partial charge >= 0.3 is 7.82 Å². The molecule has 0 radical (unpaired) electrons. The first-order valence-corrected chi connectivity index (χ1v) is 18.2. The van der Waals surface area contributed by atoms with E-state index in [-0.39, 0.29) is 29.3 Å². The Kier molecular flexibility index (Phi) is 14.4. The molecule has 258 valence electrons. The Labute approximate surface area is 273 Å². The van der Waals surface area contributed by atoms with Gasteiger partial charge in [-0.2, -0.15) is 0 Å². The molecule has 2 aliphatic rings. The van der Waals surface area contributed by atoms with Gasteiger partial charge in [0.15, 0.2) is 16.5 Å². The molecular weight excluding hydrogens is 650 g/mol. The highest BCUT2D eigenvalue weighted by molar-refractivity contribution is 8.14. The van der Waals surface area contributed by atoms with Crippen LogP contribution in [0.15, 0.2) is 24.7 Å². The van der Waals surface area contributed by atoms with Crippen molar-refractivity contribution in [3.05, 3.63) is 24.7 Å². The van der Waals surface area contributed by atoms with E-state index in [4.69, 9.17) is 18.3 Å². The fraction of sp³-hybridized carbons (Fsp3) is 0.759. The minimum atomic E-state index is -4.41. The number of phosphoric ester groups is 1. The number of amides is 1. The van der Waals surface area contributed by atoms with Crippen molar-refractivity contribution in [1.82, 2.24) is 10.2 Å². The summed E-state index contributed by atoms with van der Waals surface area (Å²) in [5, 5.41) is 24.2. The molecule has 2 heterocycles. The van der Waals surface area contributed by atoms with Crippen molar-refractivity contribution < 1.29 is 51.9 Å². The second kappa shape index (κ2) is 16.2. The Morgan fingerprint density at radius 1 is 1.04 bits per heavy atom. The number of alkyl halides is 1. The molecule has 4 atom stereocenters. The summed E-state index contributed by atoms with van der Waals surface area (Å²) in [6.45, 7) is 14.5. The lowest BCUT2D eigenvalue weighted by Crippen LogP contribution is -2.54. The molecule has 1 saturated heterocycles. The maximum Gasteiger partial charge on any atom is 0.474 e. The first kappa shape index (κ1) is 39.9. The summed E-state index contributed by atoms with van der Waals surface area (Å²) in [5.74, 6) is -2.51. The molecule has 3 N–H and O–H groups in total. The summed E-state index contributed by atoms with van der Waals surface area (Å²) in [7, 11) is -4.41. The number of carbonyl (C=O) groups is 3. The highest BCUT2D eigenvalue weighted by Crippen LogP contribution is 2.52. The topological polar surface area (TPSA) is 161 Å². The van der Waals surface area contributed by atoms with Crippen LogP contribution in [0.2, 0.25) is 0 Å². The molecule has 0 spiro atoms. The van der Waals surface area contributed by atoms with Crippen LogP contribution in [0, 0.1) is 10.8 Å².